The Bertz CT molecular complexity index is 489. The van der Waals surface area contributed by atoms with Crippen molar-refractivity contribution in [1.82, 2.24) is 0 Å². The molecule has 0 heterocycles. The summed E-state index contributed by atoms with van der Waals surface area (Å²) in [6, 6.07) is 4.51. The number of halogens is 3. The summed E-state index contributed by atoms with van der Waals surface area (Å²) in [6.45, 7) is 1.74. The molecule has 1 amide bonds. The number of anilines is 1. The van der Waals surface area contributed by atoms with Gasteiger partial charge in [-0.25, -0.2) is 0 Å². The zero-order chi connectivity index (χ0) is 13.8. The van der Waals surface area contributed by atoms with E-state index in [2.05, 4.69) is 5.32 Å². The molecular weight excluding hydrogens is 245 g/mol. The Labute approximate surface area is 102 Å². The van der Waals surface area contributed by atoms with E-state index in [1.165, 1.54) is 18.6 Å². The van der Waals surface area contributed by atoms with E-state index in [0.29, 0.717) is 6.42 Å². The van der Waals surface area contributed by atoms with Crippen LogP contribution in [0.5, 0.6) is 0 Å². The van der Waals surface area contributed by atoms with Gasteiger partial charge in [-0.2, -0.15) is 18.4 Å². The second kappa shape index (κ2) is 5.54. The van der Waals surface area contributed by atoms with Crippen LogP contribution in [0.1, 0.15) is 24.5 Å². The molecule has 6 heteroatoms. The van der Waals surface area contributed by atoms with Crippen LogP contribution in [0.2, 0.25) is 0 Å². The molecule has 0 saturated carbocycles. The Morgan fingerprint density at radius 3 is 2.67 bits per heavy atom. The molecule has 1 aromatic rings. The number of nitriles is 1. The van der Waals surface area contributed by atoms with Gasteiger partial charge in [-0.15, -0.1) is 0 Å². The van der Waals surface area contributed by atoms with E-state index in [1.807, 2.05) is 0 Å². The lowest BCUT2D eigenvalue weighted by Crippen LogP contribution is -2.13. The van der Waals surface area contributed by atoms with Crippen molar-refractivity contribution in [3.8, 4) is 6.07 Å². The Hall–Kier alpha value is -2.03. The highest BCUT2D eigenvalue weighted by Crippen LogP contribution is 2.33. The first-order valence-corrected chi connectivity index (χ1v) is 5.14. The van der Waals surface area contributed by atoms with Gasteiger partial charge in [0.2, 0.25) is 5.91 Å². The summed E-state index contributed by atoms with van der Waals surface area (Å²) in [5.41, 5.74) is -1.52. The van der Waals surface area contributed by atoms with Crippen LogP contribution in [0.4, 0.5) is 18.9 Å². The SMILES string of the molecule is CC[CH]C(=O)Nc1ccc(C#N)c(C(F)(F)F)c1. The minimum Gasteiger partial charge on any atom is -0.326 e. The molecule has 0 atom stereocenters. The van der Waals surface area contributed by atoms with E-state index < -0.39 is 23.2 Å². The highest BCUT2D eigenvalue weighted by Gasteiger charge is 2.33. The third kappa shape index (κ3) is 3.48. The molecule has 0 unspecified atom stereocenters. The maximum Gasteiger partial charge on any atom is 0.417 e. The van der Waals surface area contributed by atoms with Gasteiger partial charge in [0.25, 0.3) is 0 Å². The molecule has 95 valence electrons. The second-order valence-electron chi connectivity index (χ2n) is 3.47. The van der Waals surface area contributed by atoms with Crippen LogP contribution in [0.25, 0.3) is 0 Å². The average Bonchev–Trinajstić information content (AvgIpc) is 2.28. The summed E-state index contributed by atoms with van der Waals surface area (Å²) in [6.07, 6.45) is -2.83. The quantitative estimate of drug-likeness (QED) is 0.902. The van der Waals surface area contributed by atoms with E-state index >= 15 is 0 Å². The smallest absolute Gasteiger partial charge is 0.326 e. The first-order chi connectivity index (χ1) is 8.38. The van der Waals surface area contributed by atoms with Crippen LogP contribution in [0.3, 0.4) is 0 Å². The van der Waals surface area contributed by atoms with E-state index in [4.69, 9.17) is 5.26 Å². The lowest BCUT2D eigenvalue weighted by molar-refractivity contribution is -0.137. The molecule has 1 aromatic carbocycles. The molecule has 18 heavy (non-hydrogen) atoms. The van der Waals surface area contributed by atoms with E-state index in [1.54, 1.807) is 6.92 Å². The maximum absolute atomic E-state index is 12.6. The van der Waals surface area contributed by atoms with Crippen molar-refractivity contribution in [1.29, 1.82) is 5.26 Å². The van der Waals surface area contributed by atoms with Crippen LogP contribution in [-0.2, 0) is 11.0 Å². The number of benzene rings is 1. The van der Waals surface area contributed by atoms with Gasteiger partial charge in [-0.3, -0.25) is 4.79 Å². The van der Waals surface area contributed by atoms with Crippen molar-refractivity contribution < 1.29 is 18.0 Å². The van der Waals surface area contributed by atoms with Crippen LogP contribution in [0.15, 0.2) is 18.2 Å². The number of nitrogens with zero attached hydrogens (tertiary/aromatic N) is 1. The molecule has 1 rings (SSSR count). The summed E-state index contributed by atoms with van der Waals surface area (Å²) in [5, 5.41) is 10.9. The Morgan fingerprint density at radius 2 is 2.17 bits per heavy atom. The molecule has 3 nitrogen and oxygen atoms in total. The Kier molecular flexibility index (Phi) is 4.32. The molecule has 1 N–H and O–H groups in total. The molecule has 0 fully saturated rings. The van der Waals surface area contributed by atoms with E-state index in [0.717, 1.165) is 12.1 Å². The summed E-state index contributed by atoms with van der Waals surface area (Å²) in [4.78, 5) is 11.2. The number of hydrogen-bond donors (Lipinski definition) is 1. The number of alkyl halides is 3. The minimum atomic E-state index is -4.62. The molecular formula is C12H10F3N2O. The van der Waals surface area contributed by atoms with Gasteiger partial charge in [0.1, 0.15) is 0 Å². The van der Waals surface area contributed by atoms with Crippen LogP contribution in [0, 0.1) is 17.8 Å². The van der Waals surface area contributed by atoms with Crippen LogP contribution < -0.4 is 5.32 Å². The molecule has 0 aromatic heterocycles. The zero-order valence-electron chi connectivity index (χ0n) is 9.51. The van der Waals surface area contributed by atoms with Crippen molar-refractivity contribution in [2.45, 2.75) is 19.5 Å². The summed E-state index contributed by atoms with van der Waals surface area (Å²) in [7, 11) is 0. The topological polar surface area (TPSA) is 52.9 Å². The zero-order valence-corrected chi connectivity index (χ0v) is 9.51. The van der Waals surface area contributed by atoms with E-state index in [9.17, 15) is 18.0 Å². The molecule has 0 aliphatic heterocycles. The number of hydrogen-bond acceptors (Lipinski definition) is 2. The van der Waals surface area contributed by atoms with Crippen molar-refractivity contribution in [3.63, 3.8) is 0 Å². The highest BCUT2D eigenvalue weighted by molar-refractivity contribution is 5.97. The van der Waals surface area contributed by atoms with Gasteiger partial charge in [-0.05, 0) is 24.6 Å². The Balaban J connectivity index is 3.05. The third-order valence-corrected chi connectivity index (χ3v) is 2.10. The normalized spacial score (nSPS) is 10.8. The fourth-order valence-electron chi connectivity index (χ4n) is 1.33. The number of nitrogens with one attached hydrogen (secondary N) is 1. The standard InChI is InChI=1S/C12H10F3N2O/c1-2-3-11(18)17-9-5-4-8(7-16)10(6-9)12(13,14)15/h3-6H,2H2,1H3,(H,17,18). The number of carbonyl (C=O) groups is 1. The molecule has 0 aliphatic carbocycles. The lowest BCUT2D eigenvalue weighted by Gasteiger charge is -2.11. The first-order valence-electron chi connectivity index (χ1n) is 5.14. The maximum atomic E-state index is 12.6. The monoisotopic (exact) mass is 255 g/mol. The second-order valence-corrected chi connectivity index (χ2v) is 3.47. The predicted octanol–water partition coefficient (Wildman–Crippen LogP) is 3.13. The third-order valence-electron chi connectivity index (χ3n) is 2.10. The predicted molar refractivity (Wildman–Crippen MR) is 59.4 cm³/mol. The van der Waals surface area contributed by atoms with Gasteiger partial charge >= 0.3 is 6.18 Å². The molecule has 0 spiro atoms. The van der Waals surface area contributed by atoms with Crippen molar-refractivity contribution in [2.75, 3.05) is 5.32 Å². The van der Waals surface area contributed by atoms with Gasteiger partial charge in [0, 0.05) is 12.1 Å². The van der Waals surface area contributed by atoms with Gasteiger partial charge in [-0.1, -0.05) is 6.92 Å². The fourth-order valence-corrected chi connectivity index (χ4v) is 1.33. The summed E-state index contributed by atoms with van der Waals surface area (Å²) >= 11 is 0. The molecule has 0 aliphatic rings. The number of amides is 1. The van der Waals surface area contributed by atoms with Gasteiger partial charge in [0.15, 0.2) is 0 Å². The minimum absolute atomic E-state index is 0.0102. The number of rotatable bonds is 3. The van der Waals surface area contributed by atoms with Crippen molar-refractivity contribution in [3.05, 3.63) is 35.7 Å². The number of carbonyl (C=O) groups excluding carboxylic acids is 1. The molecule has 0 bridgehead atoms. The molecule has 0 saturated heterocycles. The fraction of sp³-hybridized carbons (Fsp3) is 0.250. The van der Waals surface area contributed by atoms with Gasteiger partial charge in [0.05, 0.1) is 17.2 Å². The van der Waals surface area contributed by atoms with E-state index in [-0.39, 0.29) is 5.69 Å². The average molecular weight is 255 g/mol. The first kappa shape index (κ1) is 14.0. The summed E-state index contributed by atoms with van der Waals surface area (Å²) in [5.74, 6) is -0.477. The van der Waals surface area contributed by atoms with Gasteiger partial charge < -0.3 is 5.32 Å². The van der Waals surface area contributed by atoms with Crippen molar-refractivity contribution in [2.24, 2.45) is 0 Å². The lowest BCUT2D eigenvalue weighted by atomic mass is 10.1. The molecule has 1 radical (unpaired) electrons. The van der Waals surface area contributed by atoms with Crippen molar-refractivity contribution >= 4 is 11.6 Å². The summed E-state index contributed by atoms with van der Waals surface area (Å²) < 4.78 is 37.9. The van der Waals surface area contributed by atoms with Crippen LogP contribution in [-0.4, -0.2) is 5.91 Å². The largest absolute Gasteiger partial charge is 0.417 e. The highest BCUT2D eigenvalue weighted by atomic mass is 19.4. The van der Waals surface area contributed by atoms with Crippen LogP contribution >= 0.6 is 0 Å². The Morgan fingerprint density at radius 1 is 1.50 bits per heavy atom.